The SMILES string of the molecule is COc1nc(C2(c3ccc4c(n3)CCC[C@H]4NC[C@H]3CCC(=O)N3)C=CC=C(c3ccccc3Cl)C2Cl)ccc1CNC[C@@H]1CCC(=O)N1. The van der Waals surface area contributed by atoms with E-state index in [9.17, 15) is 9.59 Å². The Hall–Kier alpha value is -3.76. The number of halogens is 2. The fourth-order valence-electron chi connectivity index (χ4n) is 7.64. The molecule has 4 N–H and O–H groups in total. The molecule has 0 radical (unpaired) electrons. The van der Waals surface area contributed by atoms with Gasteiger partial charge >= 0.3 is 0 Å². The zero-order chi connectivity index (χ0) is 34.0. The van der Waals surface area contributed by atoms with E-state index in [0.29, 0.717) is 36.8 Å². The zero-order valence-corrected chi connectivity index (χ0v) is 29.1. The van der Waals surface area contributed by atoms with Crippen LogP contribution in [0.1, 0.15) is 78.3 Å². The molecule has 2 aromatic heterocycles. The van der Waals surface area contributed by atoms with Crippen molar-refractivity contribution in [1.82, 2.24) is 31.2 Å². The van der Waals surface area contributed by atoms with Crippen LogP contribution in [0.2, 0.25) is 5.02 Å². The van der Waals surface area contributed by atoms with E-state index in [-0.39, 0.29) is 29.9 Å². The summed E-state index contributed by atoms with van der Waals surface area (Å²) in [6, 6.07) is 16.5. The highest BCUT2D eigenvalue weighted by molar-refractivity contribution is 6.34. The van der Waals surface area contributed by atoms with Crippen molar-refractivity contribution in [2.75, 3.05) is 20.2 Å². The molecule has 2 unspecified atom stereocenters. The van der Waals surface area contributed by atoms with Gasteiger partial charge in [-0.05, 0) is 67.0 Å². The molecule has 49 heavy (non-hydrogen) atoms. The van der Waals surface area contributed by atoms with Crippen LogP contribution in [0.15, 0.2) is 66.8 Å². The number of pyridine rings is 2. The molecule has 3 aromatic rings. The van der Waals surface area contributed by atoms with Gasteiger partial charge in [-0.2, -0.15) is 0 Å². The summed E-state index contributed by atoms with van der Waals surface area (Å²) in [5, 5.41) is 13.3. The monoisotopic (exact) mass is 700 g/mol. The third kappa shape index (κ3) is 6.86. The number of amides is 2. The van der Waals surface area contributed by atoms with Crippen LogP contribution in [0.5, 0.6) is 5.88 Å². The van der Waals surface area contributed by atoms with Crippen molar-refractivity contribution >= 4 is 40.6 Å². The van der Waals surface area contributed by atoms with E-state index >= 15 is 0 Å². The number of fused-ring (bicyclic) bond motifs is 1. The summed E-state index contributed by atoms with van der Waals surface area (Å²) in [5.41, 5.74) is 5.50. The molecule has 5 atom stereocenters. The van der Waals surface area contributed by atoms with Crippen molar-refractivity contribution < 1.29 is 14.3 Å². The minimum Gasteiger partial charge on any atom is -0.481 e. The number of carbonyl (C=O) groups is 2. The van der Waals surface area contributed by atoms with E-state index in [0.717, 1.165) is 72.4 Å². The highest BCUT2D eigenvalue weighted by Gasteiger charge is 2.46. The van der Waals surface area contributed by atoms with E-state index in [1.54, 1.807) is 7.11 Å². The first kappa shape index (κ1) is 33.7. The Morgan fingerprint density at radius 2 is 1.65 bits per heavy atom. The van der Waals surface area contributed by atoms with Crippen LogP contribution in [-0.2, 0) is 28.0 Å². The maximum atomic E-state index is 11.8. The third-order valence-electron chi connectivity index (χ3n) is 10.3. The molecule has 7 rings (SSSR count). The van der Waals surface area contributed by atoms with E-state index in [4.69, 9.17) is 37.9 Å². The van der Waals surface area contributed by atoms with Gasteiger partial charge in [-0.1, -0.05) is 60.2 Å². The van der Waals surface area contributed by atoms with Crippen molar-refractivity contribution in [2.45, 2.75) is 80.4 Å². The molecule has 11 heteroatoms. The van der Waals surface area contributed by atoms with Crippen LogP contribution in [0.25, 0.3) is 5.57 Å². The molecule has 0 bridgehead atoms. The number of hydrogen-bond acceptors (Lipinski definition) is 7. The molecule has 0 spiro atoms. The molecular formula is C38H42Cl2N6O3. The lowest BCUT2D eigenvalue weighted by atomic mass is 9.70. The summed E-state index contributed by atoms with van der Waals surface area (Å²) >= 11 is 14.4. The second-order valence-electron chi connectivity index (χ2n) is 13.4. The maximum Gasteiger partial charge on any atom is 0.220 e. The molecule has 2 aliphatic heterocycles. The normalized spacial score (nSPS) is 26.2. The number of aryl methyl sites for hydroxylation is 1. The van der Waals surface area contributed by atoms with E-state index in [1.165, 1.54) is 5.56 Å². The Kier molecular flexibility index (Phi) is 10.1. The van der Waals surface area contributed by atoms with Gasteiger partial charge in [0.25, 0.3) is 0 Å². The Morgan fingerprint density at radius 3 is 2.39 bits per heavy atom. The van der Waals surface area contributed by atoms with Gasteiger partial charge in [-0.25, -0.2) is 4.98 Å². The first-order valence-electron chi connectivity index (χ1n) is 17.2. The minimum atomic E-state index is -0.929. The van der Waals surface area contributed by atoms with E-state index in [2.05, 4.69) is 39.5 Å². The summed E-state index contributed by atoms with van der Waals surface area (Å²) < 4.78 is 5.86. The van der Waals surface area contributed by atoms with Gasteiger partial charge in [-0.3, -0.25) is 14.6 Å². The quantitative estimate of drug-likeness (QED) is 0.201. The predicted molar refractivity (Wildman–Crippen MR) is 192 cm³/mol. The van der Waals surface area contributed by atoms with Crippen LogP contribution in [0.4, 0.5) is 0 Å². The van der Waals surface area contributed by atoms with Gasteiger partial charge in [0.15, 0.2) is 0 Å². The largest absolute Gasteiger partial charge is 0.481 e. The van der Waals surface area contributed by atoms with Gasteiger partial charge < -0.3 is 26.0 Å². The maximum absolute atomic E-state index is 11.8. The zero-order valence-electron chi connectivity index (χ0n) is 27.6. The number of ether oxygens (including phenoxy) is 1. The molecule has 2 saturated heterocycles. The number of nitrogens with one attached hydrogen (secondary N) is 4. The van der Waals surface area contributed by atoms with Crippen molar-refractivity contribution in [3.8, 4) is 5.88 Å². The molecule has 9 nitrogen and oxygen atoms in total. The van der Waals surface area contributed by atoms with E-state index in [1.807, 2.05) is 48.6 Å². The minimum absolute atomic E-state index is 0.101. The molecule has 1 aromatic carbocycles. The number of aromatic nitrogens is 2. The lowest BCUT2D eigenvalue weighted by Crippen LogP contribution is -2.41. The Balaban J connectivity index is 1.23. The number of carbonyl (C=O) groups excluding carboxylic acids is 2. The Morgan fingerprint density at radius 1 is 0.918 bits per heavy atom. The molecular weight excluding hydrogens is 659 g/mol. The molecule has 4 heterocycles. The number of alkyl halides is 1. The lowest BCUT2D eigenvalue weighted by molar-refractivity contribution is -0.120. The van der Waals surface area contributed by atoms with Crippen LogP contribution < -0.4 is 26.0 Å². The second-order valence-corrected chi connectivity index (χ2v) is 14.2. The van der Waals surface area contributed by atoms with Crippen molar-refractivity contribution in [3.63, 3.8) is 0 Å². The number of nitrogens with zero attached hydrogens (tertiary/aromatic N) is 2. The molecule has 0 saturated carbocycles. The van der Waals surface area contributed by atoms with Gasteiger partial charge in [0.1, 0.15) is 0 Å². The van der Waals surface area contributed by atoms with Gasteiger partial charge in [0.05, 0.1) is 29.3 Å². The molecule has 4 aliphatic rings. The molecule has 2 aliphatic carbocycles. The second kappa shape index (κ2) is 14.6. The van der Waals surface area contributed by atoms with Crippen molar-refractivity contribution in [3.05, 3.63) is 106 Å². The highest BCUT2D eigenvalue weighted by Crippen LogP contribution is 2.48. The Bertz CT molecular complexity index is 1800. The average molecular weight is 702 g/mol. The first-order chi connectivity index (χ1) is 23.9. The topological polar surface area (TPSA) is 117 Å². The number of benzene rings is 1. The fourth-order valence-corrected chi connectivity index (χ4v) is 8.37. The number of methoxy groups -OCH3 is 1. The van der Waals surface area contributed by atoms with Gasteiger partial charge in [0, 0.05) is 66.9 Å². The molecule has 2 amide bonds. The van der Waals surface area contributed by atoms with Crippen molar-refractivity contribution in [1.29, 1.82) is 0 Å². The Labute approximate surface area is 297 Å². The summed E-state index contributed by atoms with van der Waals surface area (Å²) in [6.45, 7) is 1.94. The fraction of sp³-hybridized carbons (Fsp3) is 0.421. The average Bonchev–Trinajstić information content (AvgIpc) is 3.74. The lowest BCUT2D eigenvalue weighted by Gasteiger charge is -2.39. The predicted octanol–water partition coefficient (Wildman–Crippen LogP) is 5.30. The molecule has 256 valence electrons. The van der Waals surface area contributed by atoms with Crippen LogP contribution in [0.3, 0.4) is 0 Å². The number of allylic oxidation sites excluding steroid dienone is 4. The van der Waals surface area contributed by atoms with Crippen LogP contribution in [-0.4, -0.2) is 59.4 Å². The third-order valence-corrected chi connectivity index (χ3v) is 11.2. The standard InChI is InChI=1S/C38H42Cl2N6O3/c1-49-37-23(20-41-21-24-12-17-34(47)43-24)11-15-33(46-37)38(19-5-7-27(36(38)40)26-6-2-3-8-29(26)39)32-16-14-28-30(9-4-10-31(28)45-32)42-22-25-13-18-35(48)44-25/h2-3,5-8,11,14-16,19,24-25,30,36,41-42H,4,9-10,12-13,17-18,20-22H2,1H3,(H,43,47)(H,44,48)/t24-,25+,30+,36?,38?/m0/s1. The van der Waals surface area contributed by atoms with E-state index < -0.39 is 10.8 Å². The van der Waals surface area contributed by atoms with Gasteiger partial charge in [0.2, 0.25) is 17.7 Å². The summed E-state index contributed by atoms with van der Waals surface area (Å²) in [7, 11) is 1.63. The first-order valence-corrected chi connectivity index (χ1v) is 18.0. The van der Waals surface area contributed by atoms with Gasteiger partial charge in [-0.15, -0.1) is 11.6 Å². The number of rotatable bonds is 11. The highest BCUT2D eigenvalue weighted by atomic mass is 35.5. The van der Waals surface area contributed by atoms with Crippen molar-refractivity contribution in [2.24, 2.45) is 0 Å². The van der Waals surface area contributed by atoms with Crippen LogP contribution >= 0.6 is 23.2 Å². The van der Waals surface area contributed by atoms with Crippen LogP contribution in [0, 0.1) is 0 Å². The molecule has 2 fully saturated rings. The smallest absolute Gasteiger partial charge is 0.220 e. The summed E-state index contributed by atoms with van der Waals surface area (Å²) in [4.78, 5) is 33.9. The summed E-state index contributed by atoms with van der Waals surface area (Å²) in [6.07, 6.45) is 11.9. The summed E-state index contributed by atoms with van der Waals surface area (Å²) in [5.74, 6) is 0.735. The number of hydrogen-bond donors (Lipinski definition) is 4.